The summed E-state index contributed by atoms with van der Waals surface area (Å²) in [6, 6.07) is 8.96. The van der Waals surface area contributed by atoms with Crippen LogP contribution in [-0.2, 0) is 0 Å². The van der Waals surface area contributed by atoms with Crippen molar-refractivity contribution in [2.24, 2.45) is 0 Å². The number of nitrogens with one attached hydrogen (secondary N) is 1. The molecule has 0 heterocycles. The van der Waals surface area contributed by atoms with E-state index < -0.39 is 0 Å². The Balaban J connectivity index is 2.25. The van der Waals surface area contributed by atoms with E-state index in [1.807, 2.05) is 0 Å². The average molecular weight is 291 g/mol. The molecular formula is C19H33NO. The Morgan fingerprint density at radius 3 is 2.24 bits per heavy atom. The number of ether oxygens (including phenoxy) is 1. The fraction of sp³-hybridized carbons (Fsp3) is 0.684. The monoisotopic (exact) mass is 291 g/mol. The van der Waals surface area contributed by atoms with Crippen LogP contribution in [0.3, 0.4) is 0 Å². The standard InChI is InChI=1S/C19H33NO/c1-4-6-8-9-15-20-17(3)18-11-13-19(14-12-18)21-16-10-7-5-2/h11-14,17,20H,4-10,15-16H2,1-3H3. The lowest BCUT2D eigenvalue weighted by Gasteiger charge is -2.15. The first kappa shape index (κ1) is 18.0. The first-order valence-electron chi connectivity index (χ1n) is 8.74. The molecule has 2 nitrogen and oxygen atoms in total. The highest BCUT2D eigenvalue weighted by Crippen LogP contribution is 2.18. The van der Waals surface area contributed by atoms with Crippen LogP contribution in [0.5, 0.6) is 5.75 Å². The van der Waals surface area contributed by atoms with Gasteiger partial charge in [0.05, 0.1) is 6.61 Å². The third kappa shape index (κ3) is 8.11. The van der Waals surface area contributed by atoms with Crippen LogP contribution in [0.25, 0.3) is 0 Å². The van der Waals surface area contributed by atoms with Crippen LogP contribution in [-0.4, -0.2) is 13.2 Å². The molecule has 0 saturated heterocycles. The number of hydrogen-bond acceptors (Lipinski definition) is 2. The lowest BCUT2D eigenvalue weighted by atomic mass is 10.1. The molecule has 0 bridgehead atoms. The summed E-state index contributed by atoms with van der Waals surface area (Å²) in [4.78, 5) is 0. The van der Waals surface area contributed by atoms with Crippen LogP contribution in [0.1, 0.15) is 77.3 Å². The minimum absolute atomic E-state index is 0.417. The predicted octanol–water partition coefficient (Wildman–Crippen LogP) is 5.49. The molecule has 0 aliphatic heterocycles. The summed E-state index contributed by atoms with van der Waals surface area (Å²) in [6.45, 7) is 8.64. The van der Waals surface area contributed by atoms with E-state index in [2.05, 4.69) is 50.4 Å². The predicted molar refractivity (Wildman–Crippen MR) is 92.0 cm³/mol. The second-order valence-corrected chi connectivity index (χ2v) is 5.86. The second kappa shape index (κ2) is 11.6. The molecular weight excluding hydrogens is 258 g/mol. The lowest BCUT2D eigenvalue weighted by molar-refractivity contribution is 0.306. The normalized spacial score (nSPS) is 12.3. The molecule has 1 aromatic rings. The zero-order valence-electron chi connectivity index (χ0n) is 14.2. The molecule has 0 aliphatic carbocycles. The van der Waals surface area contributed by atoms with Gasteiger partial charge in [0.25, 0.3) is 0 Å². The van der Waals surface area contributed by atoms with Crippen LogP contribution >= 0.6 is 0 Å². The van der Waals surface area contributed by atoms with Gasteiger partial charge in [0, 0.05) is 6.04 Å². The van der Waals surface area contributed by atoms with Crippen molar-refractivity contribution in [1.29, 1.82) is 0 Å². The minimum Gasteiger partial charge on any atom is -0.494 e. The van der Waals surface area contributed by atoms with Gasteiger partial charge >= 0.3 is 0 Å². The van der Waals surface area contributed by atoms with E-state index in [4.69, 9.17) is 4.74 Å². The lowest BCUT2D eigenvalue weighted by Crippen LogP contribution is -2.19. The average Bonchev–Trinajstić information content (AvgIpc) is 2.52. The fourth-order valence-electron chi connectivity index (χ4n) is 2.38. The van der Waals surface area contributed by atoms with Gasteiger partial charge in [-0.2, -0.15) is 0 Å². The number of rotatable bonds is 12. The molecule has 1 N–H and O–H groups in total. The molecule has 2 heteroatoms. The van der Waals surface area contributed by atoms with Gasteiger partial charge in [0.15, 0.2) is 0 Å². The first-order chi connectivity index (χ1) is 10.3. The maximum atomic E-state index is 5.75. The smallest absolute Gasteiger partial charge is 0.119 e. The maximum absolute atomic E-state index is 5.75. The summed E-state index contributed by atoms with van der Waals surface area (Å²) in [5, 5.41) is 3.60. The Morgan fingerprint density at radius 2 is 1.57 bits per heavy atom. The Kier molecular flexibility index (Phi) is 9.98. The quantitative estimate of drug-likeness (QED) is 0.514. The minimum atomic E-state index is 0.417. The summed E-state index contributed by atoms with van der Waals surface area (Å²) in [5.41, 5.74) is 1.34. The van der Waals surface area contributed by atoms with E-state index >= 15 is 0 Å². The summed E-state index contributed by atoms with van der Waals surface area (Å²) in [7, 11) is 0. The highest BCUT2D eigenvalue weighted by atomic mass is 16.5. The van der Waals surface area contributed by atoms with Crippen molar-refractivity contribution in [3.8, 4) is 5.75 Å². The van der Waals surface area contributed by atoms with Gasteiger partial charge in [-0.3, -0.25) is 0 Å². The van der Waals surface area contributed by atoms with Crippen LogP contribution in [0, 0.1) is 0 Å². The van der Waals surface area contributed by atoms with Crippen LogP contribution in [0.15, 0.2) is 24.3 Å². The zero-order chi connectivity index (χ0) is 15.3. The number of hydrogen-bond donors (Lipinski definition) is 1. The summed E-state index contributed by atoms with van der Waals surface area (Å²) < 4.78 is 5.75. The van der Waals surface area contributed by atoms with Crippen molar-refractivity contribution in [1.82, 2.24) is 5.32 Å². The van der Waals surface area contributed by atoms with E-state index in [9.17, 15) is 0 Å². The highest BCUT2D eigenvalue weighted by molar-refractivity contribution is 5.28. The number of benzene rings is 1. The Labute approximate surface area is 131 Å². The van der Waals surface area contributed by atoms with Gasteiger partial charge in [-0.15, -0.1) is 0 Å². The highest BCUT2D eigenvalue weighted by Gasteiger charge is 2.04. The zero-order valence-corrected chi connectivity index (χ0v) is 14.2. The molecule has 0 fully saturated rings. The molecule has 0 amide bonds. The molecule has 120 valence electrons. The van der Waals surface area contributed by atoms with Gasteiger partial charge in [-0.25, -0.2) is 0 Å². The van der Waals surface area contributed by atoms with Crippen LogP contribution in [0.2, 0.25) is 0 Å². The topological polar surface area (TPSA) is 21.3 Å². The first-order valence-corrected chi connectivity index (χ1v) is 8.74. The molecule has 0 radical (unpaired) electrons. The van der Waals surface area contributed by atoms with Crippen molar-refractivity contribution in [3.63, 3.8) is 0 Å². The fourth-order valence-corrected chi connectivity index (χ4v) is 2.38. The summed E-state index contributed by atoms with van der Waals surface area (Å²) in [5.74, 6) is 0.991. The third-order valence-corrected chi connectivity index (χ3v) is 3.88. The van der Waals surface area contributed by atoms with Crippen molar-refractivity contribution >= 4 is 0 Å². The molecule has 0 saturated carbocycles. The van der Waals surface area contributed by atoms with Crippen molar-refractivity contribution in [2.45, 2.75) is 71.8 Å². The molecule has 1 atom stereocenters. The van der Waals surface area contributed by atoms with E-state index in [1.165, 1.54) is 44.1 Å². The van der Waals surface area contributed by atoms with Gasteiger partial charge < -0.3 is 10.1 Å². The second-order valence-electron chi connectivity index (χ2n) is 5.86. The Morgan fingerprint density at radius 1 is 0.905 bits per heavy atom. The molecule has 0 aliphatic rings. The van der Waals surface area contributed by atoms with Gasteiger partial charge in [-0.1, -0.05) is 58.1 Å². The van der Waals surface area contributed by atoms with E-state index in [0.717, 1.165) is 25.3 Å². The van der Waals surface area contributed by atoms with Gasteiger partial charge in [0.1, 0.15) is 5.75 Å². The van der Waals surface area contributed by atoms with E-state index in [1.54, 1.807) is 0 Å². The molecule has 21 heavy (non-hydrogen) atoms. The molecule has 0 aromatic heterocycles. The Bertz CT molecular complexity index is 347. The Hall–Kier alpha value is -1.02. The van der Waals surface area contributed by atoms with Crippen molar-refractivity contribution in [2.75, 3.05) is 13.2 Å². The third-order valence-electron chi connectivity index (χ3n) is 3.88. The van der Waals surface area contributed by atoms with Crippen molar-refractivity contribution in [3.05, 3.63) is 29.8 Å². The largest absolute Gasteiger partial charge is 0.494 e. The molecule has 1 rings (SSSR count). The molecule has 1 aromatic carbocycles. The van der Waals surface area contributed by atoms with E-state index in [-0.39, 0.29) is 0 Å². The number of unbranched alkanes of at least 4 members (excludes halogenated alkanes) is 5. The van der Waals surface area contributed by atoms with Crippen molar-refractivity contribution < 1.29 is 4.74 Å². The van der Waals surface area contributed by atoms with E-state index in [0.29, 0.717) is 6.04 Å². The van der Waals surface area contributed by atoms with Gasteiger partial charge in [-0.05, 0) is 44.0 Å². The molecule has 0 spiro atoms. The van der Waals surface area contributed by atoms with Crippen LogP contribution < -0.4 is 10.1 Å². The summed E-state index contributed by atoms with van der Waals surface area (Å²) >= 11 is 0. The maximum Gasteiger partial charge on any atom is 0.119 e. The SMILES string of the molecule is CCCCCCNC(C)c1ccc(OCCCCC)cc1. The van der Waals surface area contributed by atoms with Crippen LogP contribution in [0.4, 0.5) is 0 Å². The van der Waals surface area contributed by atoms with Gasteiger partial charge in [0.2, 0.25) is 0 Å². The molecule has 1 unspecified atom stereocenters. The summed E-state index contributed by atoms with van der Waals surface area (Å²) in [6.07, 6.45) is 8.89.